The molecule has 24 heavy (non-hydrogen) atoms. The van der Waals surface area contributed by atoms with Crippen molar-refractivity contribution in [3.8, 4) is 11.4 Å². The van der Waals surface area contributed by atoms with Crippen LogP contribution in [0.5, 0.6) is 5.75 Å². The van der Waals surface area contributed by atoms with Crippen molar-refractivity contribution < 1.29 is 19.0 Å². The third kappa shape index (κ3) is 3.26. The summed E-state index contributed by atoms with van der Waals surface area (Å²) < 4.78 is 28.2. The number of aryl methyl sites for hydroxylation is 1. The molecular formula is C17H15F2N3O2. The van der Waals surface area contributed by atoms with Crippen molar-refractivity contribution >= 4 is 0 Å². The number of aromatic nitrogens is 3. The third-order valence-corrected chi connectivity index (χ3v) is 3.64. The van der Waals surface area contributed by atoms with Gasteiger partial charge in [-0.2, -0.15) is 0 Å². The standard InChI is InChI=1S/C17H15F2N3O2/c1-10-2-4-13(14(19)6-10)16(23)8-12-9-22(21-20-12)15-5-3-11(18)7-17(15)24/h2-7,9,16,23-24H,8H2,1H3. The summed E-state index contributed by atoms with van der Waals surface area (Å²) in [7, 11) is 0. The van der Waals surface area contributed by atoms with Crippen molar-refractivity contribution in [1.82, 2.24) is 15.0 Å². The predicted molar refractivity (Wildman–Crippen MR) is 82.8 cm³/mol. The Kier molecular flexibility index (Phi) is 4.26. The van der Waals surface area contributed by atoms with E-state index >= 15 is 0 Å². The lowest BCUT2D eigenvalue weighted by molar-refractivity contribution is 0.172. The molecule has 5 nitrogen and oxygen atoms in total. The molecule has 1 aromatic heterocycles. The number of phenolic OH excluding ortho intramolecular Hbond substituents is 1. The van der Waals surface area contributed by atoms with Crippen molar-refractivity contribution in [1.29, 1.82) is 0 Å². The van der Waals surface area contributed by atoms with Gasteiger partial charge in [0.1, 0.15) is 23.1 Å². The fourth-order valence-corrected chi connectivity index (χ4v) is 2.41. The molecule has 124 valence electrons. The number of phenols is 1. The van der Waals surface area contributed by atoms with Crippen LogP contribution in [0.15, 0.2) is 42.6 Å². The number of aliphatic hydroxyl groups excluding tert-OH is 1. The molecule has 0 aliphatic carbocycles. The van der Waals surface area contributed by atoms with Gasteiger partial charge in [-0.3, -0.25) is 0 Å². The Morgan fingerprint density at radius 3 is 2.67 bits per heavy atom. The average molecular weight is 331 g/mol. The number of aliphatic hydroxyl groups is 1. The van der Waals surface area contributed by atoms with Crippen LogP contribution in [-0.2, 0) is 6.42 Å². The van der Waals surface area contributed by atoms with E-state index in [4.69, 9.17) is 0 Å². The number of benzene rings is 2. The highest BCUT2D eigenvalue weighted by atomic mass is 19.1. The van der Waals surface area contributed by atoms with Gasteiger partial charge in [-0.25, -0.2) is 13.5 Å². The van der Waals surface area contributed by atoms with Crippen LogP contribution in [0.3, 0.4) is 0 Å². The molecule has 0 saturated carbocycles. The van der Waals surface area contributed by atoms with E-state index in [-0.39, 0.29) is 23.4 Å². The molecule has 0 aliphatic heterocycles. The zero-order valence-electron chi connectivity index (χ0n) is 12.8. The van der Waals surface area contributed by atoms with Crippen LogP contribution >= 0.6 is 0 Å². The van der Waals surface area contributed by atoms with E-state index in [1.165, 1.54) is 35.1 Å². The minimum Gasteiger partial charge on any atom is -0.506 e. The first kappa shape index (κ1) is 16.1. The van der Waals surface area contributed by atoms with E-state index in [0.717, 1.165) is 11.6 Å². The largest absolute Gasteiger partial charge is 0.506 e. The van der Waals surface area contributed by atoms with Gasteiger partial charge in [0.15, 0.2) is 0 Å². The zero-order valence-corrected chi connectivity index (χ0v) is 12.8. The van der Waals surface area contributed by atoms with Gasteiger partial charge in [0, 0.05) is 18.1 Å². The zero-order chi connectivity index (χ0) is 17.3. The van der Waals surface area contributed by atoms with Crippen molar-refractivity contribution in [2.75, 3.05) is 0 Å². The summed E-state index contributed by atoms with van der Waals surface area (Å²) in [5.74, 6) is -1.33. The van der Waals surface area contributed by atoms with Crippen molar-refractivity contribution in [3.05, 3.63) is 71.1 Å². The van der Waals surface area contributed by atoms with Crippen LogP contribution in [0, 0.1) is 18.6 Å². The number of hydrogen-bond donors (Lipinski definition) is 2. The van der Waals surface area contributed by atoms with Gasteiger partial charge in [-0.05, 0) is 30.7 Å². The van der Waals surface area contributed by atoms with Crippen LogP contribution in [0.25, 0.3) is 5.69 Å². The second kappa shape index (κ2) is 6.37. The van der Waals surface area contributed by atoms with Crippen LogP contribution in [0.1, 0.15) is 22.9 Å². The molecule has 0 fully saturated rings. The number of halogens is 2. The second-order valence-electron chi connectivity index (χ2n) is 5.53. The minimum atomic E-state index is -1.07. The van der Waals surface area contributed by atoms with Crippen LogP contribution in [-0.4, -0.2) is 25.2 Å². The van der Waals surface area contributed by atoms with E-state index in [0.29, 0.717) is 5.69 Å². The summed E-state index contributed by atoms with van der Waals surface area (Å²) in [6.45, 7) is 1.76. The minimum absolute atomic E-state index is 0.0575. The monoisotopic (exact) mass is 331 g/mol. The SMILES string of the molecule is Cc1ccc(C(O)Cc2cn(-c3ccc(F)cc3O)nn2)c(F)c1. The van der Waals surface area contributed by atoms with Crippen molar-refractivity contribution in [2.24, 2.45) is 0 Å². The number of rotatable bonds is 4. The fourth-order valence-electron chi connectivity index (χ4n) is 2.41. The molecule has 0 amide bonds. The van der Waals surface area contributed by atoms with E-state index in [9.17, 15) is 19.0 Å². The molecule has 0 bridgehead atoms. The van der Waals surface area contributed by atoms with E-state index in [1.54, 1.807) is 13.0 Å². The second-order valence-corrected chi connectivity index (χ2v) is 5.53. The number of nitrogens with zero attached hydrogens (tertiary/aromatic N) is 3. The molecule has 7 heteroatoms. The Morgan fingerprint density at radius 2 is 1.96 bits per heavy atom. The topological polar surface area (TPSA) is 71.2 Å². The van der Waals surface area contributed by atoms with Gasteiger partial charge >= 0.3 is 0 Å². The molecule has 0 spiro atoms. The van der Waals surface area contributed by atoms with E-state index in [2.05, 4.69) is 10.3 Å². The van der Waals surface area contributed by atoms with Crippen LogP contribution < -0.4 is 0 Å². The van der Waals surface area contributed by atoms with Crippen molar-refractivity contribution in [2.45, 2.75) is 19.4 Å². The lowest BCUT2D eigenvalue weighted by Gasteiger charge is -2.10. The van der Waals surface area contributed by atoms with E-state index in [1.807, 2.05) is 0 Å². The highest BCUT2D eigenvalue weighted by molar-refractivity contribution is 5.45. The summed E-state index contributed by atoms with van der Waals surface area (Å²) in [6, 6.07) is 8.12. The van der Waals surface area contributed by atoms with Crippen LogP contribution in [0.4, 0.5) is 8.78 Å². The molecule has 0 radical (unpaired) electrons. The molecule has 3 aromatic rings. The quantitative estimate of drug-likeness (QED) is 0.771. The maximum atomic E-state index is 13.9. The van der Waals surface area contributed by atoms with Gasteiger partial charge in [-0.1, -0.05) is 17.3 Å². The smallest absolute Gasteiger partial charge is 0.144 e. The molecule has 1 atom stereocenters. The highest BCUT2D eigenvalue weighted by Gasteiger charge is 2.16. The maximum Gasteiger partial charge on any atom is 0.144 e. The summed E-state index contributed by atoms with van der Waals surface area (Å²) in [4.78, 5) is 0. The summed E-state index contributed by atoms with van der Waals surface area (Å²) >= 11 is 0. The number of hydrogen-bond acceptors (Lipinski definition) is 4. The first-order valence-corrected chi connectivity index (χ1v) is 7.28. The average Bonchev–Trinajstić information content (AvgIpc) is 2.95. The fraction of sp³-hybridized carbons (Fsp3) is 0.176. The molecule has 2 aromatic carbocycles. The molecule has 0 aliphatic rings. The Bertz CT molecular complexity index is 880. The van der Waals surface area contributed by atoms with Crippen LogP contribution in [0.2, 0.25) is 0 Å². The van der Waals surface area contributed by atoms with Gasteiger partial charge < -0.3 is 10.2 Å². The Labute approximate surface area is 136 Å². The Hall–Kier alpha value is -2.80. The van der Waals surface area contributed by atoms with Gasteiger partial charge in [0.25, 0.3) is 0 Å². The first-order chi connectivity index (χ1) is 11.4. The molecule has 2 N–H and O–H groups in total. The summed E-state index contributed by atoms with van der Waals surface area (Å²) in [6.07, 6.45) is 0.474. The Morgan fingerprint density at radius 1 is 1.17 bits per heavy atom. The first-order valence-electron chi connectivity index (χ1n) is 7.28. The lowest BCUT2D eigenvalue weighted by atomic mass is 10.0. The molecule has 0 saturated heterocycles. The van der Waals surface area contributed by atoms with Gasteiger partial charge in [0.2, 0.25) is 0 Å². The summed E-state index contributed by atoms with van der Waals surface area (Å²) in [5.41, 5.74) is 1.61. The molecule has 3 rings (SSSR count). The summed E-state index contributed by atoms with van der Waals surface area (Å²) in [5, 5.41) is 27.7. The predicted octanol–water partition coefficient (Wildman–Crippen LogP) is 2.84. The molecule has 1 unspecified atom stereocenters. The Balaban J connectivity index is 1.81. The third-order valence-electron chi connectivity index (χ3n) is 3.64. The van der Waals surface area contributed by atoms with Crippen molar-refractivity contribution in [3.63, 3.8) is 0 Å². The normalized spacial score (nSPS) is 12.3. The number of aromatic hydroxyl groups is 1. The molecule has 1 heterocycles. The molecular weight excluding hydrogens is 316 g/mol. The maximum absolute atomic E-state index is 13.9. The lowest BCUT2D eigenvalue weighted by Crippen LogP contribution is -2.05. The van der Waals surface area contributed by atoms with E-state index < -0.39 is 17.7 Å². The van der Waals surface area contributed by atoms with Gasteiger partial charge in [-0.15, -0.1) is 5.10 Å². The highest BCUT2D eigenvalue weighted by Crippen LogP contribution is 2.24. The van der Waals surface area contributed by atoms with Gasteiger partial charge in [0.05, 0.1) is 18.0 Å².